The molecule has 17 heavy (non-hydrogen) atoms. The number of methoxy groups -OCH3 is 1. The number of nitrogens with one attached hydrogen (secondary N) is 1. The molecule has 102 valence electrons. The van der Waals surface area contributed by atoms with E-state index in [0.717, 1.165) is 32.8 Å². The Balaban J connectivity index is 2.15. The molecule has 0 spiro atoms. The smallest absolute Gasteiger partial charge is 0.0487 e. The van der Waals surface area contributed by atoms with Crippen molar-refractivity contribution in [3.63, 3.8) is 0 Å². The van der Waals surface area contributed by atoms with E-state index in [1.54, 1.807) is 7.11 Å². The minimum absolute atomic E-state index is 0.508. The Morgan fingerprint density at radius 2 is 1.82 bits per heavy atom. The van der Waals surface area contributed by atoms with E-state index in [4.69, 9.17) is 9.47 Å². The van der Waals surface area contributed by atoms with Crippen LogP contribution in [0.3, 0.4) is 0 Å². The molecule has 0 saturated heterocycles. The van der Waals surface area contributed by atoms with E-state index < -0.39 is 0 Å². The average molecular weight is 243 g/mol. The Morgan fingerprint density at radius 1 is 1.06 bits per heavy atom. The maximum absolute atomic E-state index is 5.70. The summed E-state index contributed by atoms with van der Waals surface area (Å²) in [4.78, 5) is 0. The summed E-state index contributed by atoms with van der Waals surface area (Å²) in [6.07, 6.45) is 9.16. The fourth-order valence-corrected chi connectivity index (χ4v) is 2.89. The normalized spacial score (nSPS) is 19.4. The molecule has 0 aliphatic heterocycles. The molecule has 1 fully saturated rings. The first-order valence-corrected chi connectivity index (χ1v) is 7.04. The lowest BCUT2D eigenvalue weighted by Crippen LogP contribution is -2.35. The third-order valence-electron chi connectivity index (χ3n) is 3.88. The predicted octanol–water partition coefficient (Wildman–Crippen LogP) is 2.60. The van der Waals surface area contributed by atoms with E-state index in [9.17, 15) is 0 Å². The van der Waals surface area contributed by atoms with Gasteiger partial charge in [0.05, 0.1) is 0 Å². The van der Waals surface area contributed by atoms with Crippen molar-refractivity contribution in [2.24, 2.45) is 5.41 Å². The van der Waals surface area contributed by atoms with Crippen molar-refractivity contribution in [1.29, 1.82) is 0 Å². The summed E-state index contributed by atoms with van der Waals surface area (Å²) >= 11 is 0. The Morgan fingerprint density at radius 3 is 2.47 bits per heavy atom. The molecule has 0 unspecified atom stereocenters. The Labute approximate surface area is 106 Å². The highest BCUT2D eigenvalue weighted by Gasteiger charge is 2.30. The number of hydrogen-bond donors (Lipinski definition) is 1. The van der Waals surface area contributed by atoms with Gasteiger partial charge < -0.3 is 14.8 Å². The minimum Gasteiger partial charge on any atom is -0.385 e. The molecular weight excluding hydrogens is 214 g/mol. The molecule has 1 aliphatic carbocycles. The molecule has 0 aromatic rings. The molecule has 0 amide bonds. The van der Waals surface area contributed by atoms with Gasteiger partial charge in [0.15, 0.2) is 0 Å². The molecule has 0 radical (unpaired) electrons. The number of ether oxygens (including phenoxy) is 2. The predicted molar refractivity (Wildman–Crippen MR) is 71.4 cm³/mol. The second-order valence-electron chi connectivity index (χ2n) is 5.30. The van der Waals surface area contributed by atoms with Crippen LogP contribution < -0.4 is 5.32 Å². The average Bonchev–Trinajstić information content (AvgIpc) is 2.35. The summed E-state index contributed by atoms with van der Waals surface area (Å²) in [5.41, 5.74) is 0.508. The third-order valence-corrected chi connectivity index (χ3v) is 3.88. The zero-order chi connectivity index (χ0) is 12.4. The van der Waals surface area contributed by atoms with Crippen LogP contribution in [0.25, 0.3) is 0 Å². The summed E-state index contributed by atoms with van der Waals surface area (Å²) < 4.78 is 10.7. The van der Waals surface area contributed by atoms with Crippen LogP contribution in [0.5, 0.6) is 0 Å². The van der Waals surface area contributed by atoms with Gasteiger partial charge in [0, 0.05) is 33.5 Å². The van der Waals surface area contributed by atoms with Crippen LogP contribution in [0.4, 0.5) is 0 Å². The Bertz CT molecular complexity index is 174. The van der Waals surface area contributed by atoms with Crippen LogP contribution in [0.1, 0.15) is 44.9 Å². The van der Waals surface area contributed by atoms with Gasteiger partial charge in [-0.05, 0) is 38.1 Å². The molecule has 0 bridgehead atoms. The van der Waals surface area contributed by atoms with Crippen molar-refractivity contribution in [2.45, 2.75) is 44.9 Å². The second kappa shape index (κ2) is 8.90. The quantitative estimate of drug-likeness (QED) is 0.631. The van der Waals surface area contributed by atoms with E-state index in [1.165, 1.54) is 38.5 Å². The lowest BCUT2D eigenvalue weighted by atomic mass is 9.72. The molecule has 0 aromatic carbocycles. The maximum Gasteiger partial charge on any atom is 0.0487 e. The van der Waals surface area contributed by atoms with Crippen LogP contribution in [-0.2, 0) is 9.47 Å². The summed E-state index contributed by atoms with van der Waals surface area (Å²) in [6.45, 7) is 3.70. The molecule has 0 atom stereocenters. The first-order chi connectivity index (χ1) is 8.33. The van der Waals surface area contributed by atoms with Gasteiger partial charge in [0.25, 0.3) is 0 Å². The highest BCUT2D eigenvalue weighted by Crippen LogP contribution is 2.38. The summed E-state index contributed by atoms with van der Waals surface area (Å²) in [5.74, 6) is 0. The van der Waals surface area contributed by atoms with Gasteiger partial charge in [-0.25, -0.2) is 0 Å². The molecule has 3 nitrogen and oxygen atoms in total. The highest BCUT2D eigenvalue weighted by atomic mass is 16.5. The Kier molecular flexibility index (Phi) is 7.82. The molecule has 1 saturated carbocycles. The van der Waals surface area contributed by atoms with Gasteiger partial charge in [-0.15, -0.1) is 0 Å². The van der Waals surface area contributed by atoms with E-state index in [1.807, 2.05) is 0 Å². The molecular formula is C14H29NO2. The minimum atomic E-state index is 0.508. The van der Waals surface area contributed by atoms with Crippen LogP contribution in [-0.4, -0.2) is 40.5 Å². The monoisotopic (exact) mass is 243 g/mol. The Hall–Kier alpha value is -0.120. The van der Waals surface area contributed by atoms with Crippen LogP contribution in [0.15, 0.2) is 0 Å². The van der Waals surface area contributed by atoms with E-state index in [-0.39, 0.29) is 0 Å². The molecule has 3 heteroatoms. The van der Waals surface area contributed by atoms with E-state index in [0.29, 0.717) is 5.41 Å². The van der Waals surface area contributed by atoms with Crippen LogP contribution in [0, 0.1) is 5.41 Å². The summed E-state index contributed by atoms with van der Waals surface area (Å²) in [7, 11) is 3.81. The number of hydrogen-bond acceptors (Lipinski definition) is 3. The molecule has 1 aliphatic rings. The van der Waals surface area contributed by atoms with Crippen molar-refractivity contribution in [2.75, 3.05) is 40.5 Å². The molecule has 0 aromatic heterocycles. The van der Waals surface area contributed by atoms with Gasteiger partial charge >= 0.3 is 0 Å². The van der Waals surface area contributed by atoms with Gasteiger partial charge in [-0.2, -0.15) is 0 Å². The fourth-order valence-electron chi connectivity index (χ4n) is 2.89. The van der Waals surface area contributed by atoms with Crippen LogP contribution >= 0.6 is 0 Å². The standard InChI is InChI=1S/C14H29NO2/c1-15-13-14(7-4-3-5-8-14)9-12-17-11-6-10-16-2/h15H,3-13H2,1-2H3. The van der Waals surface area contributed by atoms with Gasteiger partial charge in [-0.3, -0.25) is 0 Å². The third kappa shape index (κ3) is 5.84. The van der Waals surface area contributed by atoms with Crippen LogP contribution in [0.2, 0.25) is 0 Å². The van der Waals surface area contributed by atoms with Gasteiger partial charge in [-0.1, -0.05) is 19.3 Å². The topological polar surface area (TPSA) is 30.5 Å². The second-order valence-corrected chi connectivity index (χ2v) is 5.30. The van der Waals surface area contributed by atoms with Crippen molar-refractivity contribution < 1.29 is 9.47 Å². The first kappa shape index (κ1) is 14.9. The van der Waals surface area contributed by atoms with Crippen molar-refractivity contribution in [3.05, 3.63) is 0 Å². The molecule has 0 heterocycles. The summed E-state index contributed by atoms with van der Waals surface area (Å²) in [5, 5.41) is 3.36. The lowest BCUT2D eigenvalue weighted by Gasteiger charge is -2.37. The van der Waals surface area contributed by atoms with E-state index in [2.05, 4.69) is 12.4 Å². The van der Waals surface area contributed by atoms with Gasteiger partial charge in [0.2, 0.25) is 0 Å². The summed E-state index contributed by atoms with van der Waals surface area (Å²) in [6, 6.07) is 0. The van der Waals surface area contributed by atoms with Crippen molar-refractivity contribution in [3.8, 4) is 0 Å². The maximum atomic E-state index is 5.70. The SMILES string of the molecule is CNCC1(CCOCCCOC)CCCCC1. The molecule has 1 N–H and O–H groups in total. The highest BCUT2D eigenvalue weighted by molar-refractivity contribution is 4.84. The van der Waals surface area contributed by atoms with Crippen molar-refractivity contribution >= 4 is 0 Å². The van der Waals surface area contributed by atoms with Gasteiger partial charge in [0.1, 0.15) is 0 Å². The lowest BCUT2D eigenvalue weighted by molar-refractivity contribution is 0.0621. The zero-order valence-electron chi connectivity index (χ0n) is 11.6. The zero-order valence-corrected chi connectivity index (χ0v) is 11.6. The number of rotatable bonds is 9. The molecule has 1 rings (SSSR count). The largest absolute Gasteiger partial charge is 0.385 e. The first-order valence-electron chi connectivity index (χ1n) is 7.04. The van der Waals surface area contributed by atoms with Crippen molar-refractivity contribution in [1.82, 2.24) is 5.32 Å². The fraction of sp³-hybridized carbons (Fsp3) is 1.00. The van der Waals surface area contributed by atoms with E-state index >= 15 is 0 Å².